The first-order valence-corrected chi connectivity index (χ1v) is 9.04. The molecule has 0 unspecified atom stereocenters. The Morgan fingerprint density at radius 1 is 1.35 bits per heavy atom. The van der Waals surface area contributed by atoms with E-state index < -0.39 is 5.91 Å². The number of pyridine rings is 1. The van der Waals surface area contributed by atoms with Crippen molar-refractivity contribution in [1.29, 1.82) is 0 Å². The van der Waals surface area contributed by atoms with E-state index in [1.807, 2.05) is 18.0 Å². The average molecular weight is 368 g/mol. The van der Waals surface area contributed by atoms with Gasteiger partial charge < -0.3 is 16.0 Å². The number of nitrogens with zero attached hydrogens (tertiary/aromatic N) is 2. The minimum Gasteiger partial charge on any atom is -0.365 e. The molecule has 1 aromatic carbocycles. The van der Waals surface area contributed by atoms with Crippen LogP contribution in [0.5, 0.6) is 0 Å². The van der Waals surface area contributed by atoms with Gasteiger partial charge in [-0.1, -0.05) is 19.1 Å². The van der Waals surface area contributed by atoms with Gasteiger partial charge in [0.25, 0.3) is 5.91 Å². The Morgan fingerprint density at radius 3 is 2.73 bits per heavy atom. The maximum absolute atomic E-state index is 11.8. The molecule has 6 nitrogen and oxygen atoms in total. The average Bonchev–Trinajstić information content (AvgIpc) is 3.00. The second kappa shape index (κ2) is 7.13. The van der Waals surface area contributed by atoms with Crippen LogP contribution in [0.25, 0.3) is 10.2 Å². The fraction of sp³-hybridized carbons (Fsp3) is 0.211. The van der Waals surface area contributed by atoms with Crippen molar-refractivity contribution in [2.24, 2.45) is 5.73 Å². The number of hydrogen-bond acceptors (Lipinski definition) is 5. The number of carbonyl (C=O) groups is 2. The highest BCUT2D eigenvalue weighted by atomic mass is 32.1. The predicted octanol–water partition coefficient (Wildman–Crippen LogP) is 3.60. The number of primary amides is 1. The molecule has 0 aliphatic carbocycles. The number of anilines is 3. The Labute approximate surface area is 155 Å². The maximum atomic E-state index is 11.8. The van der Waals surface area contributed by atoms with Gasteiger partial charge in [0.2, 0.25) is 6.41 Å². The summed E-state index contributed by atoms with van der Waals surface area (Å²) in [7, 11) is 1.95. The van der Waals surface area contributed by atoms with Gasteiger partial charge in [0.15, 0.2) is 0 Å². The zero-order valence-electron chi connectivity index (χ0n) is 14.9. The number of carbonyl (C=O) groups excluding carboxylic acids is 2. The van der Waals surface area contributed by atoms with Crippen molar-refractivity contribution in [2.75, 3.05) is 17.3 Å². The van der Waals surface area contributed by atoms with Crippen molar-refractivity contribution in [1.82, 2.24) is 4.98 Å². The lowest BCUT2D eigenvalue weighted by atomic mass is 10.1. The van der Waals surface area contributed by atoms with Crippen LogP contribution < -0.4 is 16.0 Å². The van der Waals surface area contributed by atoms with Crippen LogP contribution in [0.4, 0.5) is 17.1 Å². The van der Waals surface area contributed by atoms with Gasteiger partial charge >= 0.3 is 0 Å². The molecule has 2 heterocycles. The number of rotatable bonds is 6. The lowest BCUT2D eigenvalue weighted by Gasteiger charge is -2.23. The molecule has 3 aromatic rings. The van der Waals surface area contributed by atoms with Crippen LogP contribution in [-0.2, 0) is 11.2 Å². The molecule has 0 radical (unpaired) electrons. The fourth-order valence-corrected chi connectivity index (χ4v) is 4.08. The Hall–Kier alpha value is -2.93. The van der Waals surface area contributed by atoms with E-state index in [0.717, 1.165) is 23.4 Å². The molecule has 2 aromatic heterocycles. The number of fused-ring (bicyclic) bond motifs is 1. The first-order valence-electron chi connectivity index (χ1n) is 8.22. The van der Waals surface area contributed by atoms with Crippen LogP contribution in [0.1, 0.15) is 27.7 Å². The highest BCUT2D eigenvalue weighted by Crippen LogP contribution is 2.42. The normalized spacial score (nSPS) is 10.7. The summed E-state index contributed by atoms with van der Waals surface area (Å²) in [6.07, 6.45) is 3.21. The van der Waals surface area contributed by atoms with Gasteiger partial charge in [-0.2, -0.15) is 0 Å². The third-order valence-electron chi connectivity index (χ3n) is 4.39. The molecule has 0 saturated carbocycles. The standard InChI is InChI=1S/C19H20N4O2S/c1-4-12-5-6-13(11(2)9-12)23(3)14-7-8-21-19-15(14)16(22-10-24)17(26-19)18(20)25/h5-10H,4H2,1-3H3,(H2,20,25)(H,22,24). The predicted molar refractivity (Wildman–Crippen MR) is 106 cm³/mol. The van der Waals surface area contributed by atoms with E-state index in [1.165, 1.54) is 16.9 Å². The van der Waals surface area contributed by atoms with Gasteiger partial charge in [-0.15, -0.1) is 11.3 Å². The highest BCUT2D eigenvalue weighted by molar-refractivity contribution is 7.21. The van der Waals surface area contributed by atoms with E-state index >= 15 is 0 Å². The largest absolute Gasteiger partial charge is 0.365 e. The van der Waals surface area contributed by atoms with Crippen molar-refractivity contribution in [2.45, 2.75) is 20.3 Å². The molecule has 0 aliphatic rings. The summed E-state index contributed by atoms with van der Waals surface area (Å²) >= 11 is 1.18. The SMILES string of the molecule is CCc1ccc(N(C)c2ccnc3sc(C(N)=O)c(NC=O)c23)c(C)c1. The van der Waals surface area contributed by atoms with E-state index in [1.54, 1.807) is 6.20 Å². The van der Waals surface area contributed by atoms with Crippen LogP contribution in [0, 0.1) is 6.92 Å². The number of nitrogens with one attached hydrogen (secondary N) is 1. The van der Waals surface area contributed by atoms with Gasteiger partial charge in [0.05, 0.1) is 16.8 Å². The van der Waals surface area contributed by atoms with Crippen molar-refractivity contribution in [3.05, 3.63) is 46.5 Å². The van der Waals surface area contributed by atoms with Gasteiger partial charge in [0, 0.05) is 18.9 Å². The third-order valence-corrected chi connectivity index (χ3v) is 5.50. The lowest BCUT2D eigenvalue weighted by Crippen LogP contribution is -2.13. The summed E-state index contributed by atoms with van der Waals surface area (Å²) in [5, 5.41) is 3.33. The fourth-order valence-electron chi connectivity index (χ4n) is 3.10. The number of hydrogen-bond donors (Lipinski definition) is 2. The van der Waals surface area contributed by atoms with Crippen molar-refractivity contribution in [3.63, 3.8) is 0 Å². The summed E-state index contributed by atoms with van der Waals surface area (Å²) in [6.45, 7) is 4.19. The zero-order valence-corrected chi connectivity index (χ0v) is 15.7. The van der Waals surface area contributed by atoms with E-state index in [4.69, 9.17) is 5.73 Å². The summed E-state index contributed by atoms with van der Waals surface area (Å²) < 4.78 is 0. The minimum absolute atomic E-state index is 0.290. The molecule has 0 aliphatic heterocycles. The Bertz CT molecular complexity index is 997. The number of aryl methyl sites for hydroxylation is 2. The van der Waals surface area contributed by atoms with E-state index in [0.29, 0.717) is 27.2 Å². The Morgan fingerprint density at radius 2 is 2.12 bits per heavy atom. The van der Waals surface area contributed by atoms with Crippen LogP contribution in [0.2, 0.25) is 0 Å². The number of thiophene rings is 1. The Balaban J connectivity index is 2.21. The highest BCUT2D eigenvalue weighted by Gasteiger charge is 2.22. The molecule has 2 amide bonds. The topological polar surface area (TPSA) is 88.3 Å². The van der Waals surface area contributed by atoms with Gasteiger partial charge in [-0.05, 0) is 36.6 Å². The summed E-state index contributed by atoms with van der Waals surface area (Å²) in [4.78, 5) is 30.2. The minimum atomic E-state index is -0.588. The molecule has 0 atom stereocenters. The molecule has 0 bridgehead atoms. The molecule has 7 heteroatoms. The van der Waals surface area contributed by atoms with Gasteiger partial charge in [-0.3, -0.25) is 9.59 Å². The molecular formula is C19H20N4O2S. The molecule has 3 N–H and O–H groups in total. The summed E-state index contributed by atoms with van der Waals surface area (Å²) in [5.74, 6) is -0.588. The van der Waals surface area contributed by atoms with Crippen molar-refractivity contribution >= 4 is 50.9 Å². The van der Waals surface area contributed by atoms with Crippen LogP contribution in [0.15, 0.2) is 30.5 Å². The number of benzene rings is 1. The van der Waals surface area contributed by atoms with E-state index in [-0.39, 0.29) is 0 Å². The van der Waals surface area contributed by atoms with E-state index in [2.05, 4.69) is 42.3 Å². The second-order valence-corrected chi connectivity index (χ2v) is 6.98. The van der Waals surface area contributed by atoms with Crippen LogP contribution >= 0.6 is 11.3 Å². The molecule has 0 fully saturated rings. The zero-order chi connectivity index (χ0) is 18.8. The number of nitrogens with two attached hydrogens (primary N) is 1. The molecular weight excluding hydrogens is 348 g/mol. The van der Waals surface area contributed by atoms with Crippen LogP contribution in [0.3, 0.4) is 0 Å². The van der Waals surface area contributed by atoms with Gasteiger partial charge in [0.1, 0.15) is 9.71 Å². The van der Waals surface area contributed by atoms with Crippen molar-refractivity contribution in [3.8, 4) is 0 Å². The number of aromatic nitrogens is 1. The smallest absolute Gasteiger partial charge is 0.261 e. The second-order valence-electron chi connectivity index (χ2n) is 5.98. The first-order chi connectivity index (χ1) is 12.5. The Kier molecular flexibility index (Phi) is 4.90. The maximum Gasteiger partial charge on any atom is 0.261 e. The van der Waals surface area contributed by atoms with Crippen LogP contribution in [-0.4, -0.2) is 24.3 Å². The van der Waals surface area contributed by atoms with E-state index in [9.17, 15) is 9.59 Å². The quantitative estimate of drug-likeness (QED) is 0.651. The molecule has 3 rings (SSSR count). The van der Waals surface area contributed by atoms with Crippen molar-refractivity contribution < 1.29 is 9.59 Å². The van der Waals surface area contributed by atoms with Gasteiger partial charge in [-0.25, -0.2) is 4.98 Å². The first kappa shape index (κ1) is 17.9. The lowest BCUT2D eigenvalue weighted by molar-refractivity contribution is -0.105. The monoisotopic (exact) mass is 368 g/mol. The molecule has 0 spiro atoms. The summed E-state index contributed by atoms with van der Waals surface area (Å²) in [5.41, 5.74) is 10.2. The third kappa shape index (κ3) is 3.01. The molecule has 0 saturated heterocycles. The number of amides is 2. The molecule has 134 valence electrons. The summed E-state index contributed by atoms with van der Waals surface area (Å²) in [6, 6.07) is 8.21. The molecule has 26 heavy (non-hydrogen) atoms.